The first kappa shape index (κ1) is 32.6. The lowest BCUT2D eigenvalue weighted by atomic mass is 10.0. The average molecular weight is 634 g/mol. The number of rotatable bonds is 13. The zero-order valence-corrected chi connectivity index (χ0v) is 26.5. The number of carbonyl (C=O) groups is 2. The molecule has 0 fully saturated rings. The Morgan fingerprint density at radius 3 is 2.23 bits per heavy atom. The van der Waals surface area contributed by atoms with E-state index in [1.807, 2.05) is 43.3 Å². The zero-order chi connectivity index (χ0) is 31.7. The first-order valence-electron chi connectivity index (χ1n) is 14.2. The van der Waals surface area contributed by atoms with Gasteiger partial charge in [-0.15, -0.1) is 0 Å². The lowest BCUT2D eigenvalue weighted by Gasteiger charge is -2.34. The molecule has 0 aliphatic carbocycles. The van der Waals surface area contributed by atoms with Gasteiger partial charge in [-0.2, -0.15) is 0 Å². The maximum Gasteiger partial charge on any atom is 0.264 e. The molecular weight excluding hydrogens is 598 g/mol. The molecule has 0 saturated heterocycles. The molecule has 8 nitrogen and oxygen atoms in total. The van der Waals surface area contributed by atoms with Crippen LogP contribution in [0.5, 0.6) is 5.75 Å². The van der Waals surface area contributed by atoms with E-state index >= 15 is 0 Å². The molecule has 0 radical (unpaired) electrons. The number of likely N-dealkylation sites (N-methyl/N-ethyl adjacent to an activating group) is 1. The quantitative estimate of drug-likeness (QED) is 0.206. The molecule has 0 bridgehead atoms. The normalized spacial score (nSPS) is 11.8. The van der Waals surface area contributed by atoms with Crippen LogP contribution < -0.4 is 14.4 Å². The van der Waals surface area contributed by atoms with Crippen molar-refractivity contribution in [2.45, 2.75) is 37.8 Å². The molecule has 4 aromatic rings. The Kier molecular flexibility index (Phi) is 11.0. The average Bonchev–Trinajstić information content (AvgIpc) is 3.02. The van der Waals surface area contributed by atoms with Crippen LogP contribution in [0, 0.1) is 6.92 Å². The molecule has 2 amide bonds. The Hall–Kier alpha value is -4.34. The predicted octanol–water partition coefficient (Wildman–Crippen LogP) is 5.63. The number of amides is 2. The molecule has 0 heterocycles. The molecule has 0 aromatic heterocycles. The van der Waals surface area contributed by atoms with Crippen molar-refractivity contribution in [2.24, 2.45) is 0 Å². The van der Waals surface area contributed by atoms with Gasteiger partial charge in [0.1, 0.15) is 18.3 Å². The predicted molar refractivity (Wildman–Crippen MR) is 173 cm³/mol. The zero-order valence-electron chi connectivity index (χ0n) is 24.9. The smallest absolute Gasteiger partial charge is 0.264 e. The van der Waals surface area contributed by atoms with Crippen molar-refractivity contribution in [1.29, 1.82) is 0 Å². The van der Waals surface area contributed by atoms with E-state index in [-0.39, 0.29) is 29.5 Å². The minimum Gasteiger partial charge on any atom is -0.497 e. The molecule has 1 atom stereocenters. The van der Waals surface area contributed by atoms with E-state index in [1.165, 1.54) is 24.1 Å². The number of ether oxygens (including phenoxy) is 1. The highest BCUT2D eigenvalue weighted by Gasteiger charge is 2.34. The van der Waals surface area contributed by atoms with Crippen molar-refractivity contribution in [2.75, 3.05) is 24.5 Å². The van der Waals surface area contributed by atoms with E-state index < -0.39 is 28.5 Å². The number of nitrogens with one attached hydrogen (secondary N) is 1. The van der Waals surface area contributed by atoms with E-state index in [0.717, 1.165) is 15.4 Å². The van der Waals surface area contributed by atoms with E-state index in [1.54, 1.807) is 61.5 Å². The lowest BCUT2D eigenvalue weighted by Crippen LogP contribution is -2.53. The number of hydrogen-bond donors (Lipinski definition) is 1. The molecule has 4 rings (SSSR count). The van der Waals surface area contributed by atoms with Crippen LogP contribution in [0.3, 0.4) is 0 Å². The first-order valence-corrected chi connectivity index (χ1v) is 16.0. The minimum atomic E-state index is -4.21. The van der Waals surface area contributed by atoms with Crippen LogP contribution in [0.1, 0.15) is 23.6 Å². The van der Waals surface area contributed by atoms with Crippen molar-refractivity contribution in [1.82, 2.24) is 10.2 Å². The van der Waals surface area contributed by atoms with Gasteiger partial charge in [0, 0.05) is 30.6 Å². The molecule has 10 heteroatoms. The van der Waals surface area contributed by atoms with Crippen molar-refractivity contribution in [3.63, 3.8) is 0 Å². The summed E-state index contributed by atoms with van der Waals surface area (Å²) in [7, 11) is -2.73. The van der Waals surface area contributed by atoms with Crippen molar-refractivity contribution < 1.29 is 22.7 Å². The third-order valence-electron chi connectivity index (χ3n) is 7.09. The third kappa shape index (κ3) is 8.18. The van der Waals surface area contributed by atoms with Crippen LogP contribution in [-0.2, 0) is 32.6 Å². The third-order valence-corrected chi connectivity index (χ3v) is 9.12. The van der Waals surface area contributed by atoms with E-state index in [0.29, 0.717) is 22.9 Å². The highest BCUT2D eigenvalue weighted by molar-refractivity contribution is 7.92. The Morgan fingerprint density at radius 1 is 0.886 bits per heavy atom. The highest BCUT2D eigenvalue weighted by Crippen LogP contribution is 2.28. The fourth-order valence-corrected chi connectivity index (χ4v) is 6.43. The molecule has 0 aliphatic rings. The summed E-state index contributed by atoms with van der Waals surface area (Å²) in [6.07, 6.45) is 0.225. The second kappa shape index (κ2) is 14.9. The van der Waals surface area contributed by atoms with Crippen LogP contribution in [0.4, 0.5) is 5.69 Å². The molecule has 230 valence electrons. The summed E-state index contributed by atoms with van der Waals surface area (Å²) < 4.78 is 34.7. The van der Waals surface area contributed by atoms with E-state index in [9.17, 15) is 18.0 Å². The van der Waals surface area contributed by atoms with Gasteiger partial charge in [-0.25, -0.2) is 8.42 Å². The molecule has 44 heavy (non-hydrogen) atoms. The second-order valence-electron chi connectivity index (χ2n) is 10.3. The number of benzene rings is 4. The summed E-state index contributed by atoms with van der Waals surface area (Å²) in [5.74, 6) is -0.476. The number of aryl methyl sites for hydroxylation is 1. The van der Waals surface area contributed by atoms with Crippen LogP contribution >= 0.6 is 11.6 Å². The van der Waals surface area contributed by atoms with Crippen molar-refractivity contribution >= 4 is 39.1 Å². The molecule has 1 unspecified atom stereocenters. The number of hydrogen-bond acceptors (Lipinski definition) is 5. The van der Waals surface area contributed by atoms with Crippen LogP contribution in [0.2, 0.25) is 5.02 Å². The van der Waals surface area contributed by atoms with Crippen LogP contribution in [0.25, 0.3) is 0 Å². The van der Waals surface area contributed by atoms with Gasteiger partial charge in [0.05, 0.1) is 17.7 Å². The lowest BCUT2D eigenvalue weighted by molar-refractivity contribution is -0.140. The van der Waals surface area contributed by atoms with Gasteiger partial charge in [0.25, 0.3) is 10.0 Å². The fraction of sp³-hybridized carbons (Fsp3) is 0.235. The van der Waals surface area contributed by atoms with Gasteiger partial charge in [0.2, 0.25) is 11.8 Å². The Bertz CT molecular complexity index is 1680. The van der Waals surface area contributed by atoms with E-state index in [4.69, 9.17) is 16.3 Å². The Balaban J connectivity index is 1.81. The van der Waals surface area contributed by atoms with Crippen LogP contribution in [0.15, 0.2) is 108 Å². The summed E-state index contributed by atoms with van der Waals surface area (Å²) in [5, 5.41) is 3.33. The van der Waals surface area contributed by atoms with Gasteiger partial charge in [0.15, 0.2) is 0 Å². The standard InChI is InChI=1S/C34H36ClN3O5S/c1-4-36-34(40)32(21-26-10-6-5-7-11-26)37(23-27-12-8-13-28(35)20-27)33(39)24-38(29-14-9-15-30(22-29)43-3)44(41,42)31-18-16-25(2)17-19-31/h5-20,22,32H,4,21,23-24H2,1-3H3,(H,36,40). The summed E-state index contributed by atoms with van der Waals surface area (Å²) >= 11 is 6.28. The summed E-state index contributed by atoms with van der Waals surface area (Å²) in [5.41, 5.74) is 2.69. The molecule has 0 spiro atoms. The summed E-state index contributed by atoms with van der Waals surface area (Å²) in [6.45, 7) is 3.50. The number of halogens is 1. The first-order chi connectivity index (χ1) is 21.1. The number of nitrogens with zero attached hydrogens (tertiary/aromatic N) is 2. The van der Waals surface area contributed by atoms with E-state index in [2.05, 4.69) is 5.32 Å². The SMILES string of the molecule is CCNC(=O)C(Cc1ccccc1)N(Cc1cccc(Cl)c1)C(=O)CN(c1cccc(OC)c1)S(=O)(=O)c1ccc(C)cc1. The van der Waals surface area contributed by atoms with Gasteiger partial charge in [-0.3, -0.25) is 13.9 Å². The monoisotopic (exact) mass is 633 g/mol. The highest BCUT2D eigenvalue weighted by atomic mass is 35.5. The maximum atomic E-state index is 14.4. The summed E-state index contributed by atoms with van der Waals surface area (Å²) in [4.78, 5) is 29.4. The molecule has 0 aliphatic heterocycles. The van der Waals surface area contributed by atoms with Crippen LogP contribution in [-0.4, -0.2) is 51.4 Å². The Morgan fingerprint density at radius 2 is 1.57 bits per heavy atom. The van der Waals surface area contributed by atoms with Crippen molar-refractivity contribution in [3.8, 4) is 5.75 Å². The fourth-order valence-electron chi connectivity index (χ4n) is 4.81. The molecule has 4 aromatic carbocycles. The number of sulfonamides is 1. The van der Waals surface area contributed by atoms with Gasteiger partial charge in [-0.05, 0) is 61.4 Å². The number of anilines is 1. The molecular formula is C34H36ClN3O5S. The minimum absolute atomic E-state index is 0.0321. The second-order valence-corrected chi connectivity index (χ2v) is 12.6. The van der Waals surface area contributed by atoms with Crippen molar-refractivity contribution in [3.05, 3.63) is 125 Å². The van der Waals surface area contributed by atoms with Gasteiger partial charge < -0.3 is 15.0 Å². The molecule has 0 saturated carbocycles. The Labute approximate surface area is 264 Å². The topological polar surface area (TPSA) is 96.0 Å². The maximum absolute atomic E-state index is 14.4. The summed E-state index contributed by atoms with van der Waals surface area (Å²) in [6, 6.07) is 28.4. The van der Waals surface area contributed by atoms with Gasteiger partial charge in [-0.1, -0.05) is 77.8 Å². The largest absolute Gasteiger partial charge is 0.497 e. The number of carbonyl (C=O) groups excluding carboxylic acids is 2. The van der Waals surface area contributed by atoms with Gasteiger partial charge >= 0.3 is 0 Å². The molecule has 1 N–H and O–H groups in total. The number of methoxy groups -OCH3 is 1.